The first-order valence-corrected chi connectivity index (χ1v) is 8.30. The molecule has 1 aliphatic heterocycles. The van der Waals surface area contributed by atoms with Gasteiger partial charge in [-0.2, -0.15) is 0 Å². The maximum Gasteiger partial charge on any atom is 0.244 e. The number of pyridine rings is 1. The van der Waals surface area contributed by atoms with E-state index in [1.54, 1.807) is 12.3 Å². The molecule has 0 radical (unpaired) electrons. The molecule has 106 valence electrons. The lowest BCUT2D eigenvalue weighted by Gasteiger charge is -2.14. The number of nitrogens with zero attached hydrogens (tertiary/aromatic N) is 1. The third-order valence-electron chi connectivity index (χ3n) is 2.70. The number of halogens is 1. The highest BCUT2D eigenvalue weighted by Gasteiger charge is 2.26. The predicted molar refractivity (Wildman–Crippen MR) is 75.6 cm³/mol. The van der Waals surface area contributed by atoms with Gasteiger partial charge in [-0.3, -0.25) is 0 Å². The SMILES string of the molecule is CCNc1ncc(Br)cc1S(=O)(=O)NC1CCOC1. The fourth-order valence-corrected chi connectivity index (χ4v) is 3.73. The van der Waals surface area contributed by atoms with Crippen molar-refractivity contribution < 1.29 is 13.2 Å². The van der Waals surface area contributed by atoms with Gasteiger partial charge in [0.2, 0.25) is 10.0 Å². The summed E-state index contributed by atoms with van der Waals surface area (Å²) in [6, 6.07) is 1.38. The molecule has 0 amide bonds. The van der Waals surface area contributed by atoms with Gasteiger partial charge < -0.3 is 10.1 Å². The first-order valence-electron chi connectivity index (χ1n) is 6.02. The lowest BCUT2D eigenvalue weighted by molar-refractivity contribution is 0.192. The highest BCUT2D eigenvalue weighted by Crippen LogP contribution is 2.23. The monoisotopic (exact) mass is 349 g/mol. The van der Waals surface area contributed by atoms with Crippen molar-refractivity contribution in [3.8, 4) is 0 Å². The van der Waals surface area contributed by atoms with Crippen molar-refractivity contribution in [2.75, 3.05) is 25.1 Å². The molecule has 1 aromatic rings. The molecule has 1 unspecified atom stereocenters. The van der Waals surface area contributed by atoms with Crippen molar-refractivity contribution in [3.63, 3.8) is 0 Å². The number of hydrogen-bond acceptors (Lipinski definition) is 5. The first kappa shape index (κ1) is 14.7. The Morgan fingerprint density at radius 1 is 1.58 bits per heavy atom. The lowest BCUT2D eigenvalue weighted by atomic mass is 10.3. The minimum Gasteiger partial charge on any atom is -0.380 e. The van der Waals surface area contributed by atoms with Crippen LogP contribution in [0.4, 0.5) is 5.82 Å². The van der Waals surface area contributed by atoms with E-state index < -0.39 is 10.0 Å². The third kappa shape index (κ3) is 3.65. The summed E-state index contributed by atoms with van der Waals surface area (Å²) in [6.45, 7) is 3.49. The minimum atomic E-state index is -3.60. The fourth-order valence-electron chi connectivity index (χ4n) is 1.84. The van der Waals surface area contributed by atoms with Crippen LogP contribution in [0.5, 0.6) is 0 Å². The van der Waals surface area contributed by atoms with E-state index in [-0.39, 0.29) is 10.9 Å². The molecule has 2 N–H and O–H groups in total. The van der Waals surface area contributed by atoms with E-state index in [1.807, 2.05) is 6.92 Å². The Labute approximate surface area is 121 Å². The largest absolute Gasteiger partial charge is 0.380 e. The number of aromatic nitrogens is 1. The van der Waals surface area contributed by atoms with Crippen molar-refractivity contribution in [2.45, 2.75) is 24.3 Å². The Hall–Kier alpha value is -0.700. The van der Waals surface area contributed by atoms with Gasteiger partial charge in [-0.15, -0.1) is 0 Å². The van der Waals surface area contributed by atoms with Crippen LogP contribution in [0.3, 0.4) is 0 Å². The summed E-state index contributed by atoms with van der Waals surface area (Å²) in [4.78, 5) is 4.25. The van der Waals surface area contributed by atoms with Gasteiger partial charge in [-0.25, -0.2) is 18.1 Å². The van der Waals surface area contributed by atoms with Gasteiger partial charge in [0, 0.05) is 29.9 Å². The summed E-state index contributed by atoms with van der Waals surface area (Å²) in [5.74, 6) is 0.358. The second-order valence-corrected chi connectivity index (χ2v) is 6.81. The van der Waals surface area contributed by atoms with Crippen LogP contribution >= 0.6 is 15.9 Å². The van der Waals surface area contributed by atoms with Gasteiger partial charge in [-0.1, -0.05) is 0 Å². The van der Waals surface area contributed by atoms with E-state index in [2.05, 4.69) is 31.0 Å². The Balaban J connectivity index is 2.29. The van der Waals surface area contributed by atoms with Crippen LogP contribution in [0.1, 0.15) is 13.3 Å². The van der Waals surface area contributed by atoms with Crippen molar-refractivity contribution in [2.24, 2.45) is 0 Å². The van der Waals surface area contributed by atoms with Crippen LogP contribution in [0.25, 0.3) is 0 Å². The Bertz CT molecular complexity index is 544. The molecular formula is C11H16BrN3O3S. The van der Waals surface area contributed by atoms with Crippen LogP contribution in [0, 0.1) is 0 Å². The summed E-state index contributed by atoms with van der Waals surface area (Å²) >= 11 is 3.25. The molecule has 19 heavy (non-hydrogen) atoms. The maximum atomic E-state index is 12.4. The summed E-state index contributed by atoms with van der Waals surface area (Å²) < 4.78 is 33.2. The molecule has 2 rings (SSSR count). The molecule has 1 saturated heterocycles. The highest BCUT2D eigenvalue weighted by molar-refractivity contribution is 9.10. The highest BCUT2D eigenvalue weighted by atomic mass is 79.9. The average Bonchev–Trinajstić information content (AvgIpc) is 2.83. The van der Waals surface area contributed by atoms with Crippen LogP contribution in [0.15, 0.2) is 21.6 Å². The van der Waals surface area contributed by atoms with E-state index in [0.717, 1.165) is 0 Å². The molecule has 6 nitrogen and oxygen atoms in total. The van der Waals surface area contributed by atoms with E-state index in [4.69, 9.17) is 4.74 Å². The van der Waals surface area contributed by atoms with Crippen LogP contribution in [-0.2, 0) is 14.8 Å². The second-order valence-electron chi connectivity index (χ2n) is 4.21. The van der Waals surface area contributed by atoms with Gasteiger partial charge >= 0.3 is 0 Å². The average molecular weight is 350 g/mol. The Morgan fingerprint density at radius 3 is 3.00 bits per heavy atom. The zero-order valence-electron chi connectivity index (χ0n) is 10.5. The molecule has 1 fully saturated rings. The summed E-state index contributed by atoms with van der Waals surface area (Å²) in [5, 5.41) is 2.95. The van der Waals surface area contributed by atoms with Gasteiger partial charge in [0.1, 0.15) is 10.7 Å². The number of sulfonamides is 1. The fraction of sp³-hybridized carbons (Fsp3) is 0.545. The van der Waals surface area contributed by atoms with Gasteiger partial charge in [-0.05, 0) is 35.3 Å². The van der Waals surface area contributed by atoms with Crippen molar-refractivity contribution >= 4 is 31.8 Å². The van der Waals surface area contributed by atoms with Crippen molar-refractivity contribution in [1.82, 2.24) is 9.71 Å². The van der Waals surface area contributed by atoms with E-state index in [0.29, 0.717) is 36.5 Å². The Morgan fingerprint density at radius 2 is 2.37 bits per heavy atom. The zero-order chi connectivity index (χ0) is 13.9. The quantitative estimate of drug-likeness (QED) is 0.838. The maximum absolute atomic E-state index is 12.4. The molecule has 0 aliphatic carbocycles. The topological polar surface area (TPSA) is 80.3 Å². The van der Waals surface area contributed by atoms with Gasteiger partial charge in [0.15, 0.2) is 0 Å². The standard InChI is InChI=1S/C11H16BrN3O3S/c1-2-13-11-10(5-8(12)6-14-11)19(16,17)15-9-3-4-18-7-9/h5-6,9,15H,2-4,7H2,1H3,(H,13,14). The summed E-state index contributed by atoms with van der Waals surface area (Å²) in [5.41, 5.74) is 0. The van der Waals surface area contributed by atoms with Gasteiger partial charge in [0.25, 0.3) is 0 Å². The summed E-state index contributed by atoms with van der Waals surface area (Å²) in [6.07, 6.45) is 2.26. The molecular weight excluding hydrogens is 334 g/mol. The molecule has 0 bridgehead atoms. The lowest BCUT2D eigenvalue weighted by Crippen LogP contribution is -2.35. The van der Waals surface area contributed by atoms with Crippen LogP contribution in [0.2, 0.25) is 0 Å². The smallest absolute Gasteiger partial charge is 0.244 e. The number of hydrogen-bond donors (Lipinski definition) is 2. The molecule has 0 saturated carbocycles. The first-order chi connectivity index (χ1) is 9.03. The second kappa shape index (κ2) is 6.17. The van der Waals surface area contributed by atoms with Crippen LogP contribution < -0.4 is 10.0 Å². The molecule has 0 spiro atoms. The molecule has 1 aliphatic rings. The van der Waals surface area contributed by atoms with Crippen molar-refractivity contribution in [3.05, 3.63) is 16.7 Å². The number of rotatable bonds is 5. The van der Waals surface area contributed by atoms with E-state index in [1.165, 1.54) is 0 Å². The van der Waals surface area contributed by atoms with Crippen molar-refractivity contribution in [1.29, 1.82) is 0 Å². The van der Waals surface area contributed by atoms with Gasteiger partial charge in [0.05, 0.1) is 6.61 Å². The normalized spacial score (nSPS) is 19.6. The third-order valence-corrected chi connectivity index (χ3v) is 4.67. The predicted octanol–water partition coefficient (Wildman–Crippen LogP) is 1.34. The number of anilines is 1. The van der Waals surface area contributed by atoms with E-state index in [9.17, 15) is 8.42 Å². The number of nitrogens with one attached hydrogen (secondary N) is 2. The zero-order valence-corrected chi connectivity index (χ0v) is 12.9. The molecule has 1 aromatic heterocycles. The Kier molecular flexibility index (Phi) is 4.77. The van der Waals surface area contributed by atoms with E-state index >= 15 is 0 Å². The summed E-state index contributed by atoms with van der Waals surface area (Å²) in [7, 11) is -3.60. The molecule has 2 heterocycles. The molecule has 8 heteroatoms. The van der Waals surface area contributed by atoms with Crippen LogP contribution in [-0.4, -0.2) is 39.2 Å². The molecule has 1 atom stereocenters. The molecule has 0 aromatic carbocycles. The number of ether oxygens (including phenoxy) is 1. The minimum absolute atomic E-state index is 0.149.